The molecule has 4 nitrogen and oxygen atoms in total. The van der Waals surface area contributed by atoms with Crippen molar-refractivity contribution in [3.8, 4) is 0 Å². The first-order valence-corrected chi connectivity index (χ1v) is 5.95. The van der Waals surface area contributed by atoms with Crippen LogP contribution in [0.15, 0.2) is 6.20 Å². The Morgan fingerprint density at radius 2 is 2.19 bits per heavy atom. The number of hydrogen-bond donors (Lipinski definition) is 2. The van der Waals surface area contributed by atoms with Gasteiger partial charge in [-0.2, -0.15) is 5.10 Å². The average molecular weight is 225 g/mol. The Hall–Kier alpha value is -0.870. The third-order valence-corrected chi connectivity index (χ3v) is 2.78. The van der Waals surface area contributed by atoms with Crippen LogP contribution in [0.25, 0.3) is 0 Å². The van der Waals surface area contributed by atoms with Gasteiger partial charge >= 0.3 is 0 Å². The molecule has 0 fully saturated rings. The van der Waals surface area contributed by atoms with Gasteiger partial charge in [0.05, 0.1) is 12.3 Å². The average Bonchev–Trinajstić information content (AvgIpc) is 2.61. The zero-order valence-electron chi connectivity index (χ0n) is 10.7. The van der Waals surface area contributed by atoms with Crippen LogP contribution in [-0.4, -0.2) is 27.5 Å². The second-order valence-electron chi connectivity index (χ2n) is 4.54. The molecule has 0 bridgehead atoms. The molecular formula is C12H23N3O. The van der Waals surface area contributed by atoms with Crippen molar-refractivity contribution in [2.45, 2.75) is 45.7 Å². The predicted molar refractivity (Wildman–Crippen MR) is 65.3 cm³/mol. The van der Waals surface area contributed by atoms with Crippen molar-refractivity contribution in [1.29, 1.82) is 0 Å². The minimum absolute atomic E-state index is 0.181. The number of aromatic nitrogens is 2. The first kappa shape index (κ1) is 13.2. The molecule has 1 rings (SSSR count). The predicted octanol–water partition coefficient (Wildman–Crippen LogP) is 1.40. The molecule has 0 aliphatic carbocycles. The maximum absolute atomic E-state index is 9.10. The van der Waals surface area contributed by atoms with Crippen LogP contribution >= 0.6 is 0 Å². The Bertz CT molecular complexity index is 316. The molecule has 2 N–H and O–H groups in total. The van der Waals surface area contributed by atoms with Crippen LogP contribution in [0.4, 0.5) is 0 Å². The molecule has 0 aliphatic rings. The van der Waals surface area contributed by atoms with E-state index in [9.17, 15) is 0 Å². The monoisotopic (exact) mass is 225 g/mol. The Balaban J connectivity index is 2.65. The molecule has 0 unspecified atom stereocenters. The molecule has 16 heavy (non-hydrogen) atoms. The number of aliphatic hydroxyl groups is 1. The van der Waals surface area contributed by atoms with Crippen LogP contribution in [0.5, 0.6) is 0 Å². The van der Waals surface area contributed by atoms with Gasteiger partial charge in [-0.15, -0.1) is 0 Å². The quantitative estimate of drug-likeness (QED) is 0.769. The summed E-state index contributed by atoms with van der Waals surface area (Å²) in [7, 11) is 1.94. The Kier molecular flexibility index (Phi) is 4.96. The summed E-state index contributed by atoms with van der Waals surface area (Å²) >= 11 is 0. The molecule has 0 aromatic carbocycles. The Morgan fingerprint density at radius 3 is 2.69 bits per heavy atom. The molecule has 0 saturated carbocycles. The first-order valence-electron chi connectivity index (χ1n) is 5.95. The minimum atomic E-state index is 0.181. The van der Waals surface area contributed by atoms with Crippen LogP contribution in [-0.2, 0) is 13.6 Å². The molecule has 1 aromatic heterocycles. The van der Waals surface area contributed by atoms with Gasteiger partial charge in [0, 0.05) is 31.4 Å². The van der Waals surface area contributed by atoms with Crippen LogP contribution in [0, 0.1) is 0 Å². The molecule has 1 heterocycles. The second-order valence-corrected chi connectivity index (χ2v) is 4.54. The number of nitrogens with one attached hydrogen (secondary N) is 1. The summed E-state index contributed by atoms with van der Waals surface area (Å²) in [6, 6.07) is 0.181. The first-order chi connectivity index (χ1) is 7.58. The number of rotatable bonds is 6. The molecule has 0 spiro atoms. The van der Waals surface area contributed by atoms with Crippen molar-refractivity contribution in [2.75, 3.05) is 6.61 Å². The van der Waals surface area contributed by atoms with Crippen molar-refractivity contribution < 1.29 is 5.11 Å². The maximum Gasteiger partial charge on any atom is 0.0694 e. The normalized spacial score (nSPS) is 13.4. The number of aliphatic hydroxyl groups excluding tert-OH is 1. The SMILES string of the molecule is CC[C@@H](CO)NCc1cn(C)nc1C(C)C. The van der Waals surface area contributed by atoms with Gasteiger partial charge in [0.15, 0.2) is 0 Å². The van der Waals surface area contributed by atoms with E-state index in [-0.39, 0.29) is 12.6 Å². The third kappa shape index (κ3) is 3.32. The van der Waals surface area contributed by atoms with E-state index in [1.165, 1.54) is 5.56 Å². The van der Waals surface area contributed by atoms with Gasteiger partial charge < -0.3 is 10.4 Å². The van der Waals surface area contributed by atoms with Gasteiger partial charge in [-0.3, -0.25) is 4.68 Å². The van der Waals surface area contributed by atoms with Gasteiger partial charge in [-0.05, 0) is 12.3 Å². The zero-order valence-corrected chi connectivity index (χ0v) is 10.7. The molecule has 0 aliphatic heterocycles. The highest BCUT2D eigenvalue weighted by Crippen LogP contribution is 2.17. The Morgan fingerprint density at radius 1 is 1.50 bits per heavy atom. The molecule has 0 amide bonds. The molecular weight excluding hydrogens is 202 g/mol. The lowest BCUT2D eigenvalue weighted by Gasteiger charge is -2.14. The van der Waals surface area contributed by atoms with Crippen molar-refractivity contribution in [2.24, 2.45) is 7.05 Å². The van der Waals surface area contributed by atoms with Gasteiger partial charge in [-0.1, -0.05) is 20.8 Å². The largest absolute Gasteiger partial charge is 0.395 e. The molecule has 1 atom stereocenters. The summed E-state index contributed by atoms with van der Waals surface area (Å²) in [5, 5.41) is 16.9. The maximum atomic E-state index is 9.10. The summed E-state index contributed by atoms with van der Waals surface area (Å²) in [6.45, 7) is 7.33. The lowest BCUT2D eigenvalue weighted by atomic mass is 10.1. The molecule has 0 saturated heterocycles. The lowest BCUT2D eigenvalue weighted by Crippen LogP contribution is -2.31. The van der Waals surface area contributed by atoms with Crippen LogP contribution < -0.4 is 5.32 Å². The van der Waals surface area contributed by atoms with E-state index in [0.29, 0.717) is 5.92 Å². The molecule has 1 aromatic rings. The van der Waals surface area contributed by atoms with Gasteiger partial charge in [0.25, 0.3) is 0 Å². The van der Waals surface area contributed by atoms with Crippen LogP contribution in [0.1, 0.15) is 44.4 Å². The van der Waals surface area contributed by atoms with Gasteiger partial charge in [-0.25, -0.2) is 0 Å². The van der Waals surface area contributed by atoms with Crippen molar-refractivity contribution in [3.63, 3.8) is 0 Å². The molecule has 0 radical (unpaired) electrons. The Labute approximate surface area is 97.7 Å². The van der Waals surface area contributed by atoms with Crippen molar-refractivity contribution in [3.05, 3.63) is 17.5 Å². The summed E-state index contributed by atoms with van der Waals surface area (Å²) in [5.74, 6) is 0.437. The van der Waals surface area contributed by atoms with E-state index in [4.69, 9.17) is 5.11 Å². The minimum Gasteiger partial charge on any atom is -0.395 e. The zero-order chi connectivity index (χ0) is 12.1. The summed E-state index contributed by atoms with van der Waals surface area (Å²) in [4.78, 5) is 0. The fourth-order valence-corrected chi connectivity index (χ4v) is 1.77. The van der Waals surface area contributed by atoms with Crippen LogP contribution in [0.2, 0.25) is 0 Å². The van der Waals surface area contributed by atoms with Crippen molar-refractivity contribution in [1.82, 2.24) is 15.1 Å². The van der Waals surface area contributed by atoms with E-state index in [2.05, 4.69) is 31.2 Å². The summed E-state index contributed by atoms with van der Waals surface area (Å²) in [6.07, 6.45) is 2.99. The van der Waals surface area contributed by atoms with Crippen molar-refractivity contribution >= 4 is 0 Å². The highest BCUT2D eigenvalue weighted by atomic mass is 16.3. The van der Waals surface area contributed by atoms with E-state index in [1.807, 2.05) is 17.9 Å². The second kappa shape index (κ2) is 6.01. The highest BCUT2D eigenvalue weighted by Gasteiger charge is 2.12. The lowest BCUT2D eigenvalue weighted by molar-refractivity contribution is 0.238. The molecule has 4 heteroatoms. The summed E-state index contributed by atoms with van der Waals surface area (Å²) in [5.41, 5.74) is 2.37. The van der Waals surface area contributed by atoms with Gasteiger partial charge in [0.1, 0.15) is 0 Å². The topological polar surface area (TPSA) is 50.1 Å². The number of aryl methyl sites for hydroxylation is 1. The number of hydrogen-bond acceptors (Lipinski definition) is 3. The van der Waals surface area contributed by atoms with Crippen LogP contribution in [0.3, 0.4) is 0 Å². The third-order valence-electron chi connectivity index (χ3n) is 2.78. The van der Waals surface area contributed by atoms with Gasteiger partial charge in [0.2, 0.25) is 0 Å². The fourth-order valence-electron chi connectivity index (χ4n) is 1.77. The molecule has 92 valence electrons. The smallest absolute Gasteiger partial charge is 0.0694 e. The van der Waals surface area contributed by atoms with E-state index in [0.717, 1.165) is 18.7 Å². The number of nitrogens with zero attached hydrogens (tertiary/aromatic N) is 2. The fraction of sp³-hybridized carbons (Fsp3) is 0.750. The standard InChI is InChI=1S/C12H23N3O/c1-5-11(8-16)13-6-10-7-15(4)14-12(10)9(2)3/h7,9,11,13,16H,5-6,8H2,1-4H3/t11-/m0/s1. The highest BCUT2D eigenvalue weighted by molar-refractivity contribution is 5.20. The van der Waals surface area contributed by atoms with E-state index in [1.54, 1.807) is 0 Å². The summed E-state index contributed by atoms with van der Waals surface area (Å²) < 4.78 is 1.85. The van der Waals surface area contributed by atoms with E-state index >= 15 is 0 Å². The van der Waals surface area contributed by atoms with E-state index < -0.39 is 0 Å².